The van der Waals surface area contributed by atoms with Gasteiger partial charge in [-0.05, 0) is 23.3 Å². The molecule has 0 saturated heterocycles. The molecule has 0 atom stereocenters. The Kier molecular flexibility index (Phi) is 13.9. The molecular weight excluding hydrogens is 293 g/mol. The van der Waals surface area contributed by atoms with Crippen LogP contribution in [0.5, 0.6) is 5.75 Å². The van der Waals surface area contributed by atoms with Crippen LogP contribution in [0, 0.1) is 0 Å². The molecule has 0 heterocycles. The third-order valence-electron chi connectivity index (χ3n) is 1.97. The SMILES string of the molecule is Oc1ccc(-c2ccccc2)cc1.[Al+3].[Cl-].[Cl-].[Cl-]. The largest absolute Gasteiger partial charge is 3.00 e. The second-order valence-corrected chi connectivity index (χ2v) is 2.91. The van der Waals surface area contributed by atoms with Crippen LogP contribution in [0.15, 0.2) is 54.6 Å². The zero-order valence-corrected chi connectivity index (χ0v) is 12.3. The number of phenolic OH excluding ortho intramolecular Hbond substituents is 1. The Morgan fingerprint density at radius 1 is 0.588 bits per heavy atom. The van der Waals surface area contributed by atoms with E-state index in [-0.39, 0.29) is 54.6 Å². The van der Waals surface area contributed by atoms with Gasteiger partial charge >= 0.3 is 17.4 Å². The molecule has 2 rings (SSSR count). The van der Waals surface area contributed by atoms with E-state index in [0.29, 0.717) is 5.75 Å². The minimum absolute atomic E-state index is 0. The van der Waals surface area contributed by atoms with Crippen LogP contribution in [0.4, 0.5) is 0 Å². The Hall–Kier alpha value is -0.358. The van der Waals surface area contributed by atoms with Gasteiger partial charge in [-0.15, -0.1) is 0 Å². The third kappa shape index (κ3) is 6.22. The average Bonchev–Trinajstić information content (AvgIpc) is 2.20. The van der Waals surface area contributed by atoms with Crippen molar-refractivity contribution in [3.63, 3.8) is 0 Å². The van der Waals surface area contributed by atoms with Gasteiger partial charge in [-0.25, -0.2) is 0 Å². The number of aromatic hydroxyl groups is 1. The van der Waals surface area contributed by atoms with Gasteiger partial charge in [-0.1, -0.05) is 42.5 Å². The smallest absolute Gasteiger partial charge is 1.00 e. The van der Waals surface area contributed by atoms with E-state index in [0.717, 1.165) is 5.56 Å². The van der Waals surface area contributed by atoms with Gasteiger partial charge in [0.25, 0.3) is 0 Å². The predicted molar refractivity (Wildman–Crippen MR) is 59.3 cm³/mol. The van der Waals surface area contributed by atoms with Crippen LogP contribution in [0.1, 0.15) is 0 Å². The molecule has 0 unspecified atom stereocenters. The number of phenols is 1. The maximum Gasteiger partial charge on any atom is 3.00 e. The molecule has 2 aromatic rings. The van der Waals surface area contributed by atoms with Crippen LogP contribution < -0.4 is 37.2 Å². The van der Waals surface area contributed by atoms with Gasteiger partial charge in [0.1, 0.15) is 5.75 Å². The number of hydrogen-bond donors (Lipinski definition) is 1. The van der Waals surface area contributed by atoms with Crippen molar-refractivity contribution in [2.24, 2.45) is 0 Å². The monoisotopic (exact) mass is 302 g/mol. The maximum absolute atomic E-state index is 9.10. The Morgan fingerprint density at radius 3 is 1.47 bits per heavy atom. The molecule has 88 valence electrons. The summed E-state index contributed by atoms with van der Waals surface area (Å²) >= 11 is 0. The van der Waals surface area contributed by atoms with E-state index >= 15 is 0 Å². The van der Waals surface area contributed by atoms with E-state index in [9.17, 15) is 0 Å². The van der Waals surface area contributed by atoms with E-state index in [1.165, 1.54) is 5.56 Å². The van der Waals surface area contributed by atoms with E-state index in [1.54, 1.807) is 12.1 Å². The normalized spacial score (nSPS) is 7.53. The van der Waals surface area contributed by atoms with Crippen molar-refractivity contribution in [1.29, 1.82) is 0 Å². The molecule has 0 aliphatic heterocycles. The number of hydrogen-bond acceptors (Lipinski definition) is 1. The van der Waals surface area contributed by atoms with Crippen molar-refractivity contribution in [2.45, 2.75) is 0 Å². The summed E-state index contributed by atoms with van der Waals surface area (Å²) in [6, 6.07) is 17.3. The van der Waals surface area contributed by atoms with Gasteiger partial charge in [-0.3, -0.25) is 0 Å². The first-order chi connectivity index (χ1) is 6.36. The standard InChI is InChI=1S/C12H10O.Al.3ClH/c13-12-8-6-11(7-9-12)10-4-2-1-3-5-10;;;;/h1-9,13H;;3*1H/q;+3;;;/p-3. The van der Waals surface area contributed by atoms with Crippen LogP contribution in [-0.2, 0) is 0 Å². The molecule has 1 nitrogen and oxygen atoms in total. The van der Waals surface area contributed by atoms with Gasteiger partial charge in [-0.2, -0.15) is 0 Å². The first-order valence-electron chi connectivity index (χ1n) is 4.21. The predicted octanol–water partition coefficient (Wildman–Crippen LogP) is -6.31. The molecule has 0 amide bonds. The van der Waals surface area contributed by atoms with Gasteiger partial charge in [0, 0.05) is 0 Å². The molecule has 1 N–H and O–H groups in total. The molecule has 0 saturated carbocycles. The first kappa shape index (κ1) is 21.9. The second kappa shape index (κ2) is 10.8. The van der Waals surface area contributed by atoms with E-state index in [4.69, 9.17) is 5.11 Å². The average molecular weight is 304 g/mol. The summed E-state index contributed by atoms with van der Waals surface area (Å²) in [5.41, 5.74) is 2.29. The molecular formula is C12H10AlCl3O. The summed E-state index contributed by atoms with van der Waals surface area (Å²) < 4.78 is 0. The summed E-state index contributed by atoms with van der Waals surface area (Å²) in [5.74, 6) is 0.305. The minimum atomic E-state index is 0. The molecule has 0 bridgehead atoms. The third-order valence-corrected chi connectivity index (χ3v) is 1.97. The summed E-state index contributed by atoms with van der Waals surface area (Å²) in [6.07, 6.45) is 0. The fourth-order valence-corrected chi connectivity index (χ4v) is 1.28. The Bertz CT molecular complexity index is 392. The number of benzene rings is 2. The van der Waals surface area contributed by atoms with Crippen LogP contribution in [0.25, 0.3) is 11.1 Å². The molecule has 0 spiro atoms. The van der Waals surface area contributed by atoms with Gasteiger partial charge in [0.05, 0.1) is 0 Å². The van der Waals surface area contributed by atoms with Crippen molar-refractivity contribution < 1.29 is 42.3 Å². The van der Waals surface area contributed by atoms with Gasteiger partial charge in [0.2, 0.25) is 0 Å². The van der Waals surface area contributed by atoms with E-state index in [2.05, 4.69) is 0 Å². The molecule has 5 heteroatoms. The Labute approximate surface area is 131 Å². The molecule has 0 aliphatic carbocycles. The number of rotatable bonds is 1. The van der Waals surface area contributed by atoms with Crippen molar-refractivity contribution in [1.82, 2.24) is 0 Å². The van der Waals surface area contributed by atoms with Gasteiger partial charge in [0.15, 0.2) is 0 Å². The molecule has 0 aromatic heterocycles. The van der Waals surface area contributed by atoms with Crippen LogP contribution in [0.2, 0.25) is 0 Å². The fourth-order valence-electron chi connectivity index (χ4n) is 1.28. The molecule has 0 aliphatic rings. The van der Waals surface area contributed by atoms with Crippen LogP contribution >= 0.6 is 0 Å². The zero-order valence-electron chi connectivity index (χ0n) is 8.85. The summed E-state index contributed by atoms with van der Waals surface area (Å²) in [7, 11) is 0. The Balaban J connectivity index is -0.000000490. The van der Waals surface area contributed by atoms with Crippen molar-refractivity contribution >= 4 is 17.4 Å². The fraction of sp³-hybridized carbons (Fsp3) is 0. The molecule has 0 radical (unpaired) electrons. The van der Waals surface area contributed by atoms with Crippen molar-refractivity contribution in [3.05, 3.63) is 54.6 Å². The Morgan fingerprint density at radius 2 is 1.00 bits per heavy atom. The van der Waals surface area contributed by atoms with Gasteiger partial charge < -0.3 is 42.3 Å². The first-order valence-corrected chi connectivity index (χ1v) is 4.21. The topological polar surface area (TPSA) is 20.2 Å². The van der Waals surface area contributed by atoms with Crippen LogP contribution in [0.3, 0.4) is 0 Å². The summed E-state index contributed by atoms with van der Waals surface area (Å²) in [5, 5.41) is 9.10. The zero-order chi connectivity index (χ0) is 9.10. The van der Waals surface area contributed by atoms with Crippen molar-refractivity contribution in [2.75, 3.05) is 0 Å². The molecule has 0 fully saturated rings. The molecule has 17 heavy (non-hydrogen) atoms. The second-order valence-electron chi connectivity index (χ2n) is 2.91. The minimum Gasteiger partial charge on any atom is -1.00 e. The van der Waals surface area contributed by atoms with E-state index in [1.807, 2.05) is 42.5 Å². The van der Waals surface area contributed by atoms with Crippen molar-refractivity contribution in [3.8, 4) is 16.9 Å². The summed E-state index contributed by atoms with van der Waals surface area (Å²) in [4.78, 5) is 0. The van der Waals surface area contributed by atoms with Crippen LogP contribution in [-0.4, -0.2) is 22.5 Å². The maximum atomic E-state index is 9.10. The summed E-state index contributed by atoms with van der Waals surface area (Å²) in [6.45, 7) is 0. The molecule has 2 aromatic carbocycles. The number of halogens is 3. The van der Waals surface area contributed by atoms with E-state index < -0.39 is 0 Å². The quantitative estimate of drug-likeness (QED) is 0.520.